The van der Waals surface area contributed by atoms with E-state index in [1.165, 1.54) is 0 Å². The topological polar surface area (TPSA) is 84.2 Å². The van der Waals surface area contributed by atoms with Gasteiger partial charge < -0.3 is 15.1 Å². The van der Waals surface area contributed by atoms with Gasteiger partial charge in [0.2, 0.25) is 0 Å². The molecule has 2 atom stereocenters. The fourth-order valence-electron chi connectivity index (χ4n) is 4.81. The minimum Gasteiger partial charge on any atom is -0.469 e. The summed E-state index contributed by atoms with van der Waals surface area (Å²) in [5.74, 6) is 0.249. The predicted octanol–water partition coefficient (Wildman–Crippen LogP) is 5.64. The van der Waals surface area contributed by atoms with Crippen LogP contribution in [-0.4, -0.2) is 16.7 Å². The Morgan fingerprint density at radius 1 is 1.12 bits per heavy atom. The van der Waals surface area contributed by atoms with Crippen LogP contribution in [0.4, 0.5) is 5.82 Å². The highest BCUT2D eigenvalue weighted by atomic mass is 35.5. The van der Waals surface area contributed by atoms with Crippen LogP contribution in [0.5, 0.6) is 0 Å². The molecular weight excluding hydrogens is 450 g/mol. The standard InChI is InChI=1S/C27H24ClN3O3/c1-15-9-10-23(29-14-15)31-27(33)24-16(2)30-20-12-17(22-8-5-11-34-22)13-21(32)26(20)25(24)18-6-3-4-7-19(18)28/h3-11,14,17,25,30H,12-13H2,1-2H3,(H,29,31,33)/t17-,25+/m0/s1. The van der Waals surface area contributed by atoms with Gasteiger partial charge in [-0.15, -0.1) is 0 Å². The second-order valence-electron chi connectivity index (χ2n) is 8.73. The summed E-state index contributed by atoms with van der Waals surface area (Å²) in [5, 5.41) is 6.76. The van der Waals surface area contributed by atoms with Crippen LogP contribution in [0.3, 0.4) is 0 Å². The molecule has 2 N–H and O–H groups in total. The zero-order chi connectivity index (χ0) is 23.8. The second kappa shape index (κ2) is 8.95. The fourth-order valence-corrected chi connectivity index (χ4v) is 5.06. The molecule has 3 heterocycles. The van der Waals surface area contributed by atoms with Crippen molar-refractivity contribution in [2.24, 2.45) is 0 Å². The van der Waals surface area contributed by atoms with Gasteiger partial charge in [-0.1, -0.05) is 35.9 Å². The fraction of sp³-hybridized carbons (Fsp3) is 0.222. The number of amides is 1. The summed E-state index contributed by atoms with van der Waals surface area (Å²) >= 11 is 6.61. The van der Waals surface area contributed by atoms with Crippen LogP contribution < -0.4 is 10.6 Å². The van der Waals surface area contributed by atoms with Crippen molar-refractivity contribution in [2.75, 3.05) is 5.32 Å². The number of nitrogens with zero attached hydrogens (tertiary/aromatic N) is 1. The maximum absolute atomic E-state index is 13.6. The number of carbonyl (C=O) groups is 2. The van der Waals surface area contributed by atoms with Crippen molar-refractivity contribution in [3.63, 3.8) is 0 Å². The van der Waals surface area contributed by atoms with Gasteiger partial charge >= 0.3 is 0 Å². The molecule has 2 aliphatic rings. The van der Waals surface area contributed by atoms with Crippen molar-refractivity contribution < 1.29 is 14.0 Å². The smallest absolute Gasteiger partial charge is 0.255 e. The monoisotopic (exact) mass is 473 g/mol. The van der Waals surface area contributed by atoms with Crippen molar-refractivity contribution in [3.05, 3.63) is 105 Å². The van der Waals surface area contributed by atoms with Crippen molar-refractivity contribution in [3.8, 4) is 0 Å². The number of hydrogen-bond donors (Lipinski definition) is 2. The number of allylic oxidation sites excluding steroid dienone is 3. The van der Waals surface area contributed by atoms with Crippen LogP contribution in [0.1, 0.15) is 48.5 Å². The molecule has 0 unspecified atom stereocenters. The molecule has 7 heteroatoms. The molecule has 1 aliphatic heterocycles. The number of hydrogen-bond acceptors (Lipinski definition) is 5. The molecule has 3 aromatic rings. The van der Waals surface area contributed by atoms with Crippen molar-refractivity contribution >= 4 is 29.1 Å². The lowest BCUT2D eigenvalue weighted by Crippen LogP contribution is -2.37. The van der Waals surface area contributed by atoms with Gasteiger partial charge in [0.15, 0.2) is 5.78 Å². The SMILES string of the molecule is CC1=C(C(=O)Nc2ccc(C)cn2)[C@@H](c2ccccc2Cl)C2=C(C[C@H](c3ccco3)CC2=O)N1. The number of halogens is 1. The number of anilines is 1. The molecule has 0 saturated carbocycles. The summed E-state index contributed by atoms with van der Waals surface area (Å²) in [7, 11) is 0. The number of rotatable bonds is 4. The Kier molecular flexibility index (Phi) is 5.84. The molecule has 1 aromatic carbocycles. The van der Waals surface area contributed by atoms with Crippen molar-refractivity contribution in [2.45, 2.75) is 38.5 Å². The molecule has 0 bridgehead atoms. The predicted molar refractivity (Wildman–Crippen MR) is 130 cm³/mol. The minimum atomic E-state index is -0.583. The number of ketones is 1. The quantitative estimate of drug-likeness (QED) is 0.512. The number of Topliss-reactive ketones (excluding diaryl/α,β-unsaturated/α-hetero) is 1. The summed E-state index contributed by atoms with van der Waals surface area (Å²) in [5.41, 5.74) is 4.26. The summed E-state index contributed by atoms with van der Waals surface area (Å²) in [6, 6.07) is 14.7. The van der Waals surface area contributed by atoms with Gasteiger partial charge in [-0.3, -0.25) is 9.59 Å². The second-order valence-corrected chi connectivity index (χ2v) is 9.14. The minimum absolute atomic E-state index is 0.0219. The number of carbonyl (C=O) groups excluding carboxylic acids is 2. The average Bonchev–Trinajstić information content (AvgIpc) is 3.35. The summed E-state index contributed by atoms with van der Waals surface area (Å²) in [6.07, 6.45) is 4.24. The van der Waals surface area contributed by atoms with E-state index in [-0.39, 0.29) is 17.6 Å². The van der Waals surface area contributed by atoms with E-state index >= 15 is 0 Å². The molecule has 1 amide bonds. The van der Waals surface area contributed by atoms with E-state index in [1.807, 2.05) is 50.2 Å². The van der Waals surface area contributed by atoms with E-state index in [0.717, 1.165) is 22.6 Å². The largest absolute Gasteiger partial charge is 0.469 e. The Morgan fingerprint density at radius 2 is 1.94 bits per heavy atom. The molecule has 0 radical (unpaired) electrons. The molecule has 5 rings (SSSR count). The first-order valence-corrected chi connectivity index (χ1v) is 11.6. The Morgan fingerprint density at radius 3 is 2.65 bits per heavy atom. The van der Waals surface area contributed by atoms with E-state index in [9.17, 15) is 9.59 Å². The lowest BCUT2D eigenvalue weighted by molar-refractivity contribution is -0.116. The number of dihydropyridines is 1. The van der Waals surface area contributed by atoms with Gasteiger partial charge in [-0.2, -0.15) is 0 Å². The molecular formula is C27H24ClN3O3. The van der Waals surface area contributed by atoms with E-state index in [2.05, 4.69) is 15.6 Å². The molecule has 34 heavy (non-hydrogen) atoms. The first kappa shape index (κ1) is 22.2. The third-order valence-corrected chi connectivity index (χ3v) is 6.73. The molecule has 1 aliphatic carbocycles. The molecule has 0 fully saturated rings. The zero-order valence-corrected chi connectivity index (χ0v) is 19.6. The Balaban J connectivity index is 1.57. The van der Waals surface area contributed by atoms with Crippen LogP contribution in [0.2, 0.25) is 5.02 Å². The van der Waals surface area contributed by atoms with Crippen LogP contribution in [0, 0.1) is 6.92 Å². The van der Waals surface area contributed by atoms with E-state index in [4.69, 9.17) is 16.0 Å². The first-order valence-electron chi connectivity index (χ1n) is 11.2. The highest BCUT2D eigenvalue weighted by Crippen LogP contribution is 2.47. The molecule has 6 nitrogen and oxygen atoms in total. The maximum atomic E-state index is 13.6. The number of furan rings is 1. The summed E-state index contributed by atoms with van der Waals surface area (Å²) < 4.78 is 5.59. The maximum Gasteiger partial charge on any atom is 0.255 e. The van der Waals surface area contributed by atoms with Crippen LogP contribution >= 0.6 is 11.6 Å². The van der Waals surface area contributed by atoms with E-state index < -0.39 is 5.92 Å². The average molecular weight is 474 g/mol. The molecule has 2 aromatic heterocycles. The number of aryl methyl sites for hydroxylation is 1. The zero-order valence-electron chi connectivity index (χ0n) is 18.9. The van der Waals surface area contributed by atoms with Gasteiger partial charge in [0, 0.05) is 52.0 Å². The van der Waals surface area contributed by atoms with Crippen molar-refractivity contribution in [1.29, 1.82) is 0 Å². The number of nitrogens with one attached hydrogen (secondary N) is 2. The van der Waals surface area contributed by atoms with Gasteiger partial charge in [0.25, 0.3) is 5.91 Å². The molecule has 0 spiro atoms. The van der Waals surface area contributed by atoms with Gasteiger partial charge in [0.05, 0.1) is 6.26 Å². The summed E-state index contributed by atoms with van der Waals surface area (Å²) in [4.78, 5) is 31.4. The lowest BCUT2D eigenvalue weighted by Gasteiger charge is -2.36. The van der Waals surface area contributed by atoms with Crippen LogP contribution in [0.25, 0.3) is 0 Å². The van der Waals surface area contributed by atoms with E-state index in [1.54, 1.807) is 24.6 Å². The highest BCUT2D eigenvalue weighted by Gasteiger charge is 2.42. The molecule has 172 valence electrons. The third-order valence-electron chi connectivity index (χ3n) is 6.39. The van der Waals surface area contributed by atoms with E-state index in [0.29, 0.717) is 40.5 Å². The number of pyridine rings is 1. The van der Waals surface area contributed by atoms with Crippen LogP contribution in [-0.2, 0) is 9.59 Å². The van der Waals surface area contributed by atoms with Gasteiger partial charge in [0.1, 0.15) is 11.6 Å². The molecule has 0 saturated heterocycles. The first-order chi connectivity index (χ1) is 16.4. The Bertz CT molecular complexity index is 1320. The summed E-state index contributed by atoms with van der Waals surface area (Å²) in [6.45, 7) is 3.79. The number of aromatic nitrogens is 1. The Hall–Kier alpha value is -3.64. The van der Waals surface area contributed by atoms with Gasteiger partial charge in [-0.05, 0) is 55.7 Å². The normalized spacial score (nSPS) is 20.1. The highest BCUT2D eigenvalue weighted by molar-refractivity contribution is 6.31. The van der Waals surface area contributed by atoms with Crippen molar-refractivity contribution in [1.82, 2.24) is 10.3 Å². The number of benzene rings is 1. The third kappa shape index (κ3) is 4.05. The lowest BCUT2D eigenvalue weighted by atomic mass is 9.72. The van der Waals surface area contributed by atoms with Gasteiger partial charge in [-0.25, -0.2) is 4.98 Å². The Labute approximate surface area is 202 Å². The van der Waals surface area contributed by atoms with Crippen LogP contribution in [0.15, 0.2) is 87.9 Å².